The summed E-state index contributed by atoms with van der Waals surface area (Å²) < 4.78 is 26.6. The summed E-state index contributed by atoms with van der Waals surface area (Å²) in [6.07, 6.45) is 1.75. The van der Waals surface area contributed by atoms with Crippen molar-refractivity contribution in [2.24, 2.45) is 11.7 Å². The Morgan fingerprint density at radius 1 is 1.41 bits per heavy atom. The van der Waals surface area contributed by atoms with E-state index in [1.165, 1.54) is 6.07 Å². The summed E-state index contributed by atoms with van der Waals surface area (Å²) in [6.45, 7) is 1.58. The van der Waals surface area contributed by atoms with Gasteiger partial charge in [0, 0.05) is 0 Å². The molecule has 5 heteroatoms. The lowest BCUT2D eigenvalue weighted by molar-refractivity contribution is -0.121. The van der Waals surface area contributed by atoms with Gasteiger partial charge in [0.25, 0.3) is 0 Å². The largest absolute Gasteiger partial charge is 0.320 e. The number of anilines is 1. The summed E-state index contributed by atoms with van der Waals surface area (Å²) in [5.41, 5.74) is 4.35. The van der Waals surface area contributed by atoms with E-state index in [1.807, 2.05) is 0 Å². The number of amides is 1. The van der Waals surface area contributed by atoms with Crippen molar-refractivity contribution >= 4 is 11.6 Å². The Bertz CT molecular complexity index is 436. The van der Waals surface area contributed by atoms with E-state index < -0.39 is 28.8 Å². The van der Waals surface area contributed by atoms with Crippen molar-refractivity contribution in [2.75, 3.05) is 5.32 Å². The van der Waals surface area contributed by atoms with Crippen LogP contribution < -0.4 is 11.1 Å². The zero-order chi connectivity index (χ0) is 12.6. The lowest BCUT2D eigenvalue weighted by atomic mass is 9.96. The van der Waals surface area contributed by atoms with Crippen LogP contribution in [0, 0.1) is 17.6 Å². The Kier molecular flexibility index (Phi) is 2.87. The van der Waals surface area contributed by atoms with Gasteiger partial charge >= 0.3 is 0 Å². The molecule has 17 heavy (non-hydrogen) atoms. The number of hydrogen-bond acceptors (Lipinski definition) is 2. The number of halogens is 2. The maximum atomic E-state index is 13.3. The summed E-state index contributed by atoms with van der Waals surface area (Å²) in [6, 6.07) is 3.41. The summed E-state index contributed by atoms with van der Waals surface area (Å²) in [7, 11) is 0. The molecule has 1 fully saturated rings. The molecule has 1 atom stereocenters. The minimum Gasteiger partial charge on any atom is -0.320 e. The van der Waals surface area contributed by atoms with E-state index in [9.17, 15) is 13.6 Å². The second-order valence-electron chi connectivity index (χ2n) is 4.61. The zero-order valence-corrected chi connectivity index (χ0v) is 9.47. The molecule has 92 valence electrons. The Morgan fingerprint density at radius 3 is 2.41 bits per heavy atom. The maximum absolute atomic E-state index is 13.3. The number of hydrogen-bond donors (Lipinski definition) is 2. The van der Waals surface area contributed by atoms with Crippen LogP contribution >= 0.6 is 0 Å². The predicted octanol–water partition coefficient (Wildman–Crippen LogP) is 2.03. The molecule has 1 aromatic rings. The number of benzene rings is 1. The molecule has 0 heterocycles. The van der Waals surface area contributed by atoms with Gasteiger partial charge in [0.2, 0.25) is 5.91 Å². The molecule has 3 N–H and O–H groups in total. The molecule has 0 aromatic heterocycles. The number of carbonyl (C=O) groups excluding carboxylic acids is 1. The van der Waals surface area contributed by atoms with Crippen LogP contribution in [0.4, 0.5) is 14.5 Å². The first-order valence-electron chi connectivity index (χ1n) is 5.47. The van der Waals surface area contributed by atoms with Gasteiger partial charge in [-0.2, -0.15) is 0 Å². The highest BCUT2D eigenvalue weighted by Crippen LogP contribution is 2.38. The Morgan fingerprint density at radius 2 is 1.94 bits per heavy atom. The van der Waals surface area contributed by atoms with Crippen molar-refractivity contribution in [1.82, 2.24) is 0 Å². The molecule has 3 nitrogen and oxygen atoms in total. The Balaban J connectivity index is 2.18. The van der Waals surface area contributed by atoms with Crippen LogP contribution in [0.1, 0.15) is 19.8 Å². The fraction of sp³-hybridized carbons (Fsp3) is 0.417. The molecule has 1 saturated carbocycles. The first-order valence-corrected chi connectivity index (χ1v) is 5.47. The molecule has 2 rings (SSSR count). The molecule has 0 spiro atoms. The quantitative estimate of drug-likeness (QED) is 0.849. The smallest absolute Gasteiger partial charge is 0.244 e. The first kappa shape index (κ1) is 12.0. The lowest BCUT2D eigenvalue weighted by Crippen LogP contribution is -2.50. The van der Waals surface area contributed by atoms with E-state index in [-0.39, 0.29) is 5.92 Å². The van der Waals surface area contributed by atoms with Gasteiger partial charge in [-0.3, -0.25) is 4.79 Å². The summed E-state index contributed by atoms with van der Waals surface area (Å²) in [5, 5.41) is 2.23. The van der Waals surface area contributed by atoms with Gasteiger partial charge in [0.1, 0.15) is 17.3 Å². The van der Waals surface area contributed by atoms with Crippen molar-refractivity contribution in [2.45, 2.75) is 25.3 Å². The van der Waals surface area contributed by atoms with E-state index in [0.717, 1.165) is 25.0 Å². The van der Waals surface area contributed by atoms with Crippen LogP contribution in [0.3, 0.4) is 0 Å². The molecule has 0 saturated heterocycles. The Hall–Kier alpha value is -1.49. The minimum absolute atomic E-state index is 0.0948. The molecule has 0 aliphatic heterocycles. The molecule has 1 amide bonds. The highest BCUT2D eigenvalue weighted by Gasteiger charge is 2.44. The van der Waals surface area contributed by atoms with Crippen LogP contribution in [-0.2, 0) is 4.79 Å². The summed E-state index contributed by atoms with van der Waals surface area (Å²) in [4.78, 5) is 11.9. The van der Waals surface area contributed by atoms with Gasteiger partial charge in [-0.15, -0.1) is 0 Å². The molecule has 1 unspecified atom stereocenters. The van der Waals surface area contributed by atoms with E-state index >= 15 is 0 Å². The molecule has 1 aliphatic rings. The van der Waals surface area contributed by atoms with Gasteiger partial charge in [0.15, 0.2) is 0 Å². The fourth-order valence-electron chi connectivity index (χ4n) is 1.73. The van der Waals surface area contributed by atoms with Crippen molar-refractivity contribution in [3.05, 3.63) is 29.8 Å². The van der Waals surface area contributed by atoms with E-state index in [1.54, 1.807) is 6.92 Å². The number of nitrogens with one attached hydrogen (secondary N) is 1. The minimum atomic E-state index is -1.07. The SMILES string of the molecule is CC(N)(C(=O)Nc1c(F)cccc1F)C1CC1. The number of carbonyl (C=O) groups is 1. The fourth-order valence-corrected chi connectivity index (χ4v) is 1.73. The monoisotopic (exact) mass is 240 g/mol. The van der Waals surface area contributed by atoms with E-state index in [0.29, 0.717) is 0 Å². The maximum Gasteiger partial charge on any atom is 0.244 e. The van der Waals surface area contributed by atoms with Crippen LogP contribution in [0.25, 0.3) is 0 Å². The topological polar surface area (TPSA) is 55.1 Å². The third kappa shape index (κ3) is 2.29. The average Bonchev–Trinajstić information content (AvgIpc) is 3.07. The van der Waals surface area contributed by atoms with E-state index in [2.05, 4.69) is 5.32 Å². The van der Waals surface area contributed by atoms with Gasteiger partial charge in [-0.25, -0.2) is 8.78 Å². The molecular formula is C12H14F2N2O. The molecule has 0 bridgehead atoms. The Labute approximate surface area is 98.0 Å². The van der Waals surface area contributed by atoms with Gasteiger partial charge < -0.3 is 11.1 Å². The van der Waals surface area contributed by atoms with Gasteiger partial charge in [0.05, 0.1) is 5.54 Å². The number of rotatable bonds is 3. The number of para-hydroxylation sites is 1. The van der Waals surface area contributed by atoms with Crippen molar-refractivity contribution in [1.29, 1.82) is 0 Å². The second-order valence-corrected chi connectivity index (χ2v) is 4.61. The first-order chi connectivity index (χ1) is 7.93. The van der Waals surface area contributed by atoms with Crippen LogP contribution in [0.15, 0.2) is 18.2 Å². The summed E-state index contributed by atoms with van der Waals surface area (Å²) in [5.74, 6) is -2.06. The van der Waals surface area contributed by atoms with Crippen LogP contribution in [0.5, 0.6) is 0 Å². The van der Waals surface area contributed by atoms with Crippen LogP contribution in [0.2, 0.25) is 0 Å². The third-order valence-corrected chi connectivity index (χ3v) is 3.12. The highest BCUT2D eigenvalue weighted by atomic mass is 19.1. The standard InChI is InChI=1S/C12H14F2N2O/c1-12(15,7-5-6-7)11(17)16-10-8(13)3-2-4-9(10)14/h2-4,7H,5-6,15H2,1H3,(H,16,17). The van der Waals surface area contributed by atoms with Crippen molar-refractivity contribution in [3.63, 3.8) is 0 Å². The third-order valence-electron chi connectivity index (χ3n) is 3.12. The van der Waals surface area contributed by atoms with Crippen molar-refractivity contribution in [3.8, 4) is 0 Å². The molecule has 0 radical (unpaired) electrons. The van der Waals surface area contributed by atoms with E-state index in [4.69, 9.17) is 5.73 Å². The average molecular weight is 240 g/mol. The normalized spacial score (nSPS) is 18.6. The van der Waals surface area contributed by atoms with Crippen LogP contribution in [-0.4, -0.2) is 11.4 Å². The van der Waals surface area contributed by atoms with Gasteiger partial charge in [-0.1, -0.05) is 6.07 Å². The van der Waals surface area contributed by atoms with Gasteiger partial charge in [-0.05, 0) is 37.8 Å². The second kappa shape index (κ2) is 4.07. The molecule has 1 aromatic carbocycles. The van der Waals surface area contributed by atoms with Crippen molar-refractivity contribution < 1.29 is 13.6 Å². The zero-order valence-electron chi connectivity index (χ0n) is 9.47. The highest BCUT2D eigenvalue weighted by molar-refractivity contribution is 5.98. The molecular weight excluding hydrogens is 226 g/mol. The number of nitrogens with two attached hydrogens (primary N) is 1. The predicted molar refractivity (Wildman–Crippen MR) is 60.3 cm³/mol. The lowest BCUT2D eigenvalue weighted by Gasteiger charge is -2.23. The molecule has 1 aliphatic carbocycles. The summed E-state index contributed by atoms with van der Waals surface area (Å²) >= 11 is 0.